The topological polar surface area (TPSA) is 79.6 Å². The molecule has 5 atom stereocenters. The lowest BCUT2D eigenvalue weighted by atomic mass is 9.94. The molecule has 3 aliphatic rings. The van der Waals surface area contributed by atoms with Crippen molar-refractivity contribution >= 4 is 5.69 Å². The number of nitrogens with zero attached hydrogens (tertiary/aromatic N) is 2. The Morgan fingerprint density at radius 1 is 1.13 bits per heavy atom. The second-order valence-electron chi connectivity index (χ2n) is 8.04. The summed E-state index contributed by atoms with van der Waals surface area (Å²) in [4.78, 5) is 4.63. The number of furan rings is 1. The molecule has 30 heavy (non-hydrogen) atoms. The minimum Gasteiger partial charge on any atom is -0.495 e. The fourth-order valence-electron chi connectivity index (χ4n) is 4.83. The van der Waals surface area contributed by atoms with Gasteiger partial charge in [-0.15, -0.1) is 0 Å². The molecule has 8 nitrogen and oxygen atoms in total. The van der Waals surface area contributed by atoms with Crippen LogP contribution in [0.1, 0.15) is 5.76 Å². The second-order valence-corrected chi connectivity index (χ2v) is 8.04. The SMILES string of the molecule is COc1ccccc1N1CCN([C@@H]2[C@@H]3OC[C@H](O3)[C@@H](NCc3ccco3)[C@@H]2O)CC1. The third kappa shape index (κ3) is 3.70. The Kier molecular flexibility index (Phi) is 5.66. The predicted octanol–water partition coefficient (Wildman–Crippen LogP) is 1.05. The van der Waals surface area contributed by atoms with Crippen LogP contribution in [0.3, 0.4) is 0 Å². The monoisotopic (exact) mass is 415 g/mol. The van der Waals surface area contributed by atoms with Gasteiger partial charge in [-0.25, -0.2) is 0 Å². The molecule has 162 valence electrons. The molecule has 2 N–H and O–H groups in total. The van der Waals surface area contributed by atoms with E-state index in [1.807, 2.05) is 30.3 Å². The number of ether oxygens (including phenoxy) is 3. The summed E-state index contributed by atoms with van der Waals surface area (Å²) >= 11 is 0. The summed E-state index contributed by atoms with van der Waals surface area (Å²) in [6, 6.07) is 11.5. The average Bonchev–Trinajstić information content (AvgIpc) is 3.45. The molecule has 8 heteroatoms. The highest BCUT2D eigenvalue weighted by molar-refractivity contribution is 5.58. The first-order valence-corrected chi connectivity index (χ1v) is 10.6. The lowest BCUT2D eigenvalue weighted by Gasteiger charge is -2.47. The van der Waals surface area contributed by atoms with E-state index in [4.69, 9.17) is 18.6 Å². The Bertz CT molecular complexity index is 824. The molecule has 3 aliphatic heterocycles. The summed E-state index contributed by atoms with van der Waals surface area (Å²) in [5, 5.41) is 14.6. The number of fused-ring (bicyclic) bond motifs is 2. The van der Waals surface area contributed by atoms with Crippen LogP contribution in [0.5, 0.6) is 5.75 Å². The van der Waals surface area contributed by atoms with Gasteiger partial charge in [0.05, 0.1) is 50.4 Å². The number of hydrogen-bond donors (Lipinski definition) is 2. The van der Waals surface area contributed by atoms with Gasteiger partial charge >= 0.3 is 0 Å². The van der Waals surface area contributed by atoms with Crippen LogP contribution in [0.25, 0.3) is 0 Å². The number of aliphatic hydroxyl groups excluding tert-OH is 1. The van der Waals surface area contributed by atoms with Crippen LogP contribution < -0.4 is 15.0 Å². The zero-order valence-corrected chi connectivity index (χ0v) is 17.1. The highest BCUT2D eigenvalue weighted by atomic mass is 16.7. The van der Waals surface area contributed by atoms with Crippen molar-refractivity contribution in [1.29, 1.82) is 0 Å². The van der Waals surface area contributed by atoms with E-state index in [-0.39, 0.29) is 24.5 Å². The normalized spacial score (nSPS) is 31.8. The van der Waals surface area contributed by atoms with Crippen LogP contribution in [-0.2, 0) is 16.0 Å². The highest BCUT2D eigenvalue weighted by Crippen LogP contribution is 2.33. The van der Waals surface area contributed by atoms with E-state index >= 15 is 0 Å². The standard InChI is InChI=1S/C22H29N3O5/c1-27-17-7-3-2-6-16(17)24-8-10-25(11-9-24)20-21(26)19(18-14-29-22(20)30-18)23-13-15-5-4-12-28-15/h2-7,12,18-23,26H,8-11,13-14H2,1H3/t18-,19+,20-,21-,22+/m0/s1. The van der Waals surface area contributed by atoms with E-state index in [1.165, 1.54) is 0 Å². The molecular formula is C22H29N3O5. The summed E-state index contributed by atoms with van der Waals surface area (Å²) < 4.78 is 23.0. The van der Waals surface area contributed by atoms with Crippen LogP contribution in [0.2, 0.25) is 0 Å². The van der Waals surface area contributed by atoms with Crippen molar-refractivity contribution in [2.45, 2.75) is 37.1 Å². The van der Waals surface area contributed by atoms with Gasteiger partial charge in [-0.3, -0.25) is 4.90 Å². The van der Waals surface area contributed by atoms with Crippen molar-refractivity contribution in [2.75, 3.05) is 44.8 Å². The minimum atomic E-state index is -0.580. The number of piperazine rings is 1. The highest BCUT2D eigenvalue weighted by Gasteiger charge is 2.52. The quantitative estimate of drug-likeness (QED) is 0.725. The molecule has 3 fully saturated rings. The van der Waals surface area contributed by atoms with Gasteiger partial charge in [0.1, 0.15) is 17.6 Å². The van der Waals surface area contributed by atoms with E-state index in [0.717, 1.165) is 43.4 Å². The number of benzene rings is 1. The Hall–Kier alpha value is -2.10. The number of rotatable bonds is 6. The zero-order chi connectivity index (χ0) is 20.5. The summed E-state index contributed by atoms with van der Waals surface area (Å²) in [5.41, 5.74) is 1.11. The number of nitrogens with one attached hydrogen (secondary N) is 1. The molecule has 0 radical (unpaired) electrons. The third-order valence-corrected chi connectivity index (χ3v) is 6.38. The maximum atomic E-state index is 11.2. The molecule has 1 aromatic carbocycles. The van der Waals surface area contributed by atoms with Gasteiger partial charge in [-0.1, -0.05) is 12.1 Å². The van der Waals surface area contributed by atoms with Gasteiger partial charge < -0.3 is 34.0 Å². The summed E-state index contributed by atoms with van der Waals surface area (Å²) in [6.07, 6.45) is 0.545. The van der Waals surface area contributed by atoms with Gasteiger partial charge in [0.2, 0.25) is 0 Å². The first-order valence-electron chi connectivity index (χ1n) is 10.6. The maximum absolute atomic E-state index is 11.2. The number of aliphatic hydroxyl groups is 1. The third-order valence-electron chi connectivity index (χ3n) is 6.38. The lowest BCUT2D eigenvalue weighted by Crippen LogP contribution is -2.66. The van der Waals surface area contributed by atoms with E-state index < -0.39 is 6.10 Å². The lowest BCUT2D eigenvalue weighted by molar-refractivity contribution is -0.183. The molecule has 0 spiro atoms. The van der Waals surface area contributed by atoms with Gasteiger partial charge in [0.15, 0.2) is 6.29 Å². The fourth-order valence-corrected chi connectivity index (χ4v) is 4.83. The molecule has 0 saturated carbocycles. The maximum Gasteiger partial charge on any atom is 0.176 e. The molecule has 2 aromatic rings. The minimum absolute atomic E-state index is 0.147. The number of para-hydroxylation sites is 2. The average molecular weight is 415 g/mol. The van der Waals surface area contributed by atoms with Gasteiger partial charge in [0.25, 0.3) is 0 Å². The summed E-state index contributed by atoms with van der Waals surface area (Å²) in [5.74, 6) is 1.72. The molecule has 0 unspecified atom stereocenters. The molecule has 5 rings (SSSR count). The molecule has 4 heterocycles. The van der Waals surface area contributed by atoms with Crippen molar-refractivity contribution in [2.24, 2.45) is 0 Å². The molecule has 0 aliphatic carbocycles. The largest absolute Gasteiger partial charge is 0.495 e. The van der Waals surface area contributed by atoms with Crippen LogP contribution in [-0.4, -0.2) is 80.5 Å². The van der Waals surface area contributed by atoms with Crippen molar-refractivity contribution in [1.82, 2.24) is 10.2 Å². The molecule has 2 bridgehead atoms. The van der Waals surface area contributed by atoms with E-state index in [0.29, 0.717) is 13.2 Å². The number of hydrogen-bond acceptors (Lipinski definition) is 8. The van der Waals surface area contributed by atoms with Crippen molar-refractivity contribution in [3.8, 4) is 5.75 Å². The molecule has 0 amide bonds. The van der Waals surface area contributed by atoms with Crippen LogP contribution in [0.15, 0.2) is 47.1 Å². The molecular weight excluding hydrogens is 386 g/mol. The van der Waals surface area contributed by atoms with E-state index in [1.54, 1.807) is 13.4 Å². The zero-order valence-electron chi connectivity index (χ0n) is 17.1. The van der Waals surface area contributed by atoms with Crippen molar-refractivity contribution < 1.29 is 23.7 Å². The predicted molar refractivity (Wildman–Crippen MR) is 111 cm³/mol. The van der Waals surface area contributed by atoms with Gasteiger partial charge in [-0.2, -0.15) is 0 Å². The Labute approximate surface area is 176 Å². The van der Waals surface area contributed by atoms with Crippen molar-refractivity contribution in [3.63, 3.8) is 0 Å². The van der Waals surface area contributed by atoms with Crippen LogP contribution >= 0.6 is 0 Å². The van der Waals surface area contributed by atoms with E-state index in [2.05, 4.69) is 21.2 Å². The van der Waals surface area contributed by atoms with Crippen LogP contribution in [0.4, 0.5) is 5.69 Å². The van der Waals surface area contributed by atoms with Gasteiger partial charge in [-0.05, 0) is 24.3 Å². The van der Waals surface area contributed by atoms with Gasteiger partial charge in [0, 0.05) is 26.2 Å². The Balaban J connectivity index is 1.25. The van der Waals surface area contributed by atoms with E-state index in [9.17, 15) is 5.11 Å². The number of anilines is 1. The molecule has 1 aromatic heterocycles. The number of methoxy groups -OCH3 is 1. The smallest absolute Gasteiger partial charge is 0.176 e. The summed E-state index contributed by atoms with van der Waals surface area (Å²) in [7, 11) is 1.70. The fraction of sp³-hybridized carbons (Fsp3) is 0.545. The first kappa shape index (κ1) is 19.8. The Morgan fingerprint density at radius 3 is 2.73 bits per heavy atom. The second kappa shape index (κ2) is 8.56. The Morgan fingerprint density at radius 2 is 1.97 bits per heavy atom. The van der Waals surface area contributed by atoms with Crippen LogP contribution in [0, 0.1) is 0 Å². The summed E-state index contributed by atoms with van der Waals surface area (Å²) in [6.45, 7) is 4.38. The first-order chi connectivity index (χ1) is 14.7. The van der Waals surface area contributed by atoms with Crippen molar-refractivity contribution in [3.05, 3.63) is 48.4 Å². The molecule has 3 saturated heterocycles.